The zero-order valence-electron chi connectivity index (χ0n) is 21.5. The number of methoxy groups -OCH3 is 3. The predicted molar refractivity (Wildman–Crippen MR) is 143 cm³/mol. The van der Waals surface area contributed by atoms with Crippen LogP contribution in [0.3, 0.4) is 0 Å². The Bertz CT molecular complexity index is 1260. The molecule has 0 saturated heterocycles. The maximum Gasteiger partial charge on any atom is 0.322 e. The van der Waals surface area contributed by atoms with E-state index in [1.165, 1.54) is 0 Å². The van der Waals surface area contributed by atoms with Gasteiger partial charge in [0.25, 0.3) is 0 Å². The van der Waals surface area contributed by atoms with E-state index < -0.39 is 6.04 Å². The van der Waals surface area contributed by atoms with Gasteiger partial charge < -0.3 is 35.1 Å². The van der Waals surface area contributed by atoms with Crippen LogP contribution in [0, 0.1) is 6.92 Å². The van der Waals surface area contributed by atoms with Crippen molar-refractivity contribution >= 4 is 23.4 Å². The zero-order chi connectivity index (χ0) is 26.4. The minimum atomic E-state index is -0.443. The van der Waals surface area contributed by atoms with Crippen LogP contribution in [0.4, 0.5) is 21.0 Å². The largest absolute Gasteiger partial charge is 0.495 e. The van der Waals surface area contributed by atoms with Crippen LogP contribution in [-0.4, -0.2) is 51.4 Å². The molecular formula is C28H32N4O5. The van der Waals surface area contributed by atoms with Gasteiger partial charge in [-0.2, -0.15) is 0 Å². The summed E-state index contributed by atoms with van der Waals surface area (Å²) in [7, 11) is 4.72. The van der Waals surface area contributed by atoms with Crippen LogP contribution < -0.4 is 30.2 Å². The topological polar surface area (TPSA) is 101 Å². The van der Waals surface area contributed by atoms with Gasteiger partial charge in [-0.1, -0.05) is 29.8 Å². The first-order valence-corrected chi connectivity index (χ1v) is 12.0. The summed E-state index contributed by atoms with van der Waals surface area (Å²) < 4.78 is 16.4. The summed E-state index contributed by atoms with van der Waals surface area (Å²) in [5, 5.41) is 8.72. The number of nitrogens with zero attached hydrogens (tertiary/aromatic N) is 1. The Balaban J connectivity index is 1.59. The van der Waals surface area contributed by atoms with Gasteiger partial charge in [0.1, 0.15) is 5.75 Å². The standard InChI is InChI=1S/C28H32N4O5/c1-18-9-11-20(12-10-18)30-27(33)29-17-23-21-16-26(37-4)25(36-3)15-19(21)13-14-32(23)28(34)31-22-7-5-6-8-24(22)35-2/h5-12,15-16,23H,13-14,17H2,1-4H3,(H,31,34)(H2,29,30,33)/t23-/m1/s1. The third-order valence-electron chi connectivity index (χ3n) is 6.38. The van der Waals surface area contributed by atoms with Crippen molar-refractivity contribution in [2.24, 2.45) is 0 Å². The molecule has 3 aromatic carbocycles. The molecule has 0 radical (unpaired) electrons. The Morgan fingerprint density at radius 1 is 0.892 bits per heavy atom. The highest BCUT2D eigenvalue weighted by atomic mass is 16.5. The number of hydrogen-bond donors (Lipinski definition) is 3. The van der Waals surface area contributed by atoms with Crippen molar-refractivity contribution < 1.29 is 23.8 Å². The molecule has 4 amide bonds. The zero-order valence-corrected chi connectivity index (χ0v) is 21.5. The fourth-order valence-corrected chi connectivity index (χ4v) is 4.43. The van der Waals surface area contributed by atoms with Gasteiger partial charge >= 0.3 is 12.1 Å². The second-order valence-electron chi connectivity index (χ2n) is 8.70. The maximum atomic E-state index is 13.5. The van der Waals surface area contributed by atoms with Gasteiger partial charge in [-0.25, -0.2) is 9.59 Å². The number of nitrogens with one attached hydrogen (secondary N) is 3. The van der Waals surface area contributed by atoms with E-state index in [0.29, 0.717) is 41.6 Å². The second kappa shape index (κ2) is 11.6. The molecule has 0 saturated carbocycles. The molecule has 1 heterocycles. The number of benzene rings is 3. The fourth-order valence-electron chi connectivity index (χ4n) is 4.43. The molecule has 9 heteroatoms. The molecular weight excluding hydrogens is 472 g/mol. The van der Waals surface area contributed by atoms with Crippen molar-refractivity contribution in [3.63, 3.8) is 0 Å². The first kappa shape index (κ1) is 25.7. The average Bonchev–Trinajstić information content (AvgIpc) is 2.92. The minimum absolute atomic E-state index is 0.194. The molecule has 0 aromatic heterocycles. The number of anilines is 2. The summed E-state index contributed by atoms with van der Waals surface area (Å²) in [5.41, 5.74) is 4.27. The molecule has 0 bridgehead atoms. The molecule has 194 valence electrons. The number of ether oxygens (including phenoxy) is 3. The lowest BCUT2D eigenvalue weighted by Crippen LogP contribution is -2.47. The highest BCUT2D eigenvalue weighted by Crippen LogP contribution is 2.38. The molecule has 0 fully saturated rings. The Morgan fingerprint density at radius 2 is 1.57 bits per heavy atom. The monoisotopic (exact) mass is 504 g/mol. The van der Waals surface area contributed by atoms with E-state index in [1.807, 2.05) is 55.5 Å². The molecule has 0 aliphatic carbocycles. The van der Waals surface area contributed by atoms with Crippen molar-refractivity contribution in [2.45, 2.75) is 19.4 Å². The number of rotatable bonds is 7. The normalized spacial score (nSPS) is 14.3. The van der Waals surface area contributed by atoms with Gasteiger partial charge in [0.15, 0.2) is 11.5 Å². The fraction of sp³-hybridized carbons (Fsp3) is 0.286. The van der Waals surface area contributed by atoms with Crippen molar-refractivity contribution in [3.05, 3.63) is 77.4 Å². The molecule has 9 nitrogen and oxygen atoms in total. The smallest absolute Gasteiger partial charge is 0.322 e. The van der Waals surface area contributed by atoms with Gasteiger partial charge in [0.05, 0.1) is 33.1 Å². The number of fused-ring (bicyclic) bond motifs is 1. The molecule has 1 aliphatic rings. The lowest BCUT2D eigenvalue weighted by molar-refractivity contribution is 0.180. The van der Waals surface area contributed by atoms with E-state index in [0.717, 1.165) is 16.7 Å². The number of hydrogen-bond acceptors (Lipinski definition) is 5. The van der Waals surface area contributed by atoms with Crippen LogP contribution in [0.25, 0.3) is 0 Å². The van der Waals surface area contributed by atoms with E-state index >= 15 is 0 Å². The van der Waals surface area contributed by atoms with Crippen molar-refractivity contribution in [3.8, 4) is 17.2 Å². The Hall–Kier alpha value is -4.40. The molecule has 0 spiro atoms. The third kappa shape index (κ3) is 5.88. The van der Waals surface area contributed by atoms with Crippen LogP contribution in [0.5, 0.6) is 17.2 Å². The Kier molecular flexibility index (Phi) is 8.02. The van der Waals surface area contributed by atoms with Crippen LogP contribution >= 0.6 is 0 Å². The molecule has 37 heavy (non-hydrogen) atoms. The first-order valence-electron chi connectivity index (χ1n) is 12.0. The second-order valence-corrected chi connectivity index (χ2v) is 8.70. The molecule has 0 unspecified atom stereocenters. The summed E-state index contributed by atoms with van der Waals surface area (Å²) in [5.74, 6) is 1.74. The predicted octanol–water partition coefficient (Wildman–Crippen LogP) is 4.97. The highest BCUT2D eigenvalue weighted by molar-refractivity contribution is 5.92. The maximum absolute atomic E-state index is 13.5. The summed E-state index contributed by atoms with van der Waals surface area (Å²) in [6.07, 6.45) is 0.626. The van der Waals surface area contributed by atoms with Crippen molar-refractivity contribution in [2.75, 3.05) is 45.1 Å². The van der Waals surface area contributed by atoms with E-state index in [2.05, 4.69) is 16.0 Å². The minimum Gasteiger partial charge on any atom is -0.495 e. The number of carbonyl (C=O) groups is 2. The Labute approximate surface area is 216 Å². The summed E-state index contributed by atoms with van der Waals surface area (Å²) in [4.78, 5) is 27.9. The average molecular weight is 505 g/mol. The summed E-state index contributed by atoms with van der Waals surface area (Å²) in [6, 6.07) is 17.5. The number of urea groups is 2. The van der Waals surface area contributed by atoms with Gasteiger partial charge in [-0.15, -0.1) is 0 Å². The number of carbonyl (C=O) groups excluding carboxylic acids is 2. The molecule has 4 rings (SSSR count). The molecule has 1 aliphatic heterocycles. The van der Waals surface area contributed by atoms with Crippen molar-refractivity contribution in [1.82, 2.24) is 10.2 Å². The van der Waals surface area contributed by atoms with Crippen molar-refractivity contribution in [1.29, 1.82) is 0 Å². The Morgan fingerprint density at radius 3 is 2.27 bits per heavy atom. The highest BCUT2D eigenvalue weighted by Gasteiger charge is 2.33. The SMILES string of the molecule is COc1ccccc1NC(=O)N1CCc2cc(OC)c(OC)cc2[C@H]1CNC(=O)Nc1ccc(C)cc1. The van der Waals surface area contributed by atoms with Gasteiger partial charge in [0, 0.05) is 18.8 Å². The van der Waals surface area contributed by atoms with Gasteiger partial charge in [-0.3, -0.25) is 0 Å². The van der Waals surface area contributed by atoms with E-state index in [9.17, 15) is 9.59 Å². The van der Waals surface area contributed by atoms with Gasteiger partial charge in [-0.05, 0) is 60.9 Å². The van der Waals surface area contributed by atoms with Crippen LogP contribution in [0.1, 0.15) is 22.7 Å². The lowest BCUT2D eigenvalue weighted by Gasteiger charge is -2.38. The lowest BCUT2D eigenvalue weighted by atomic mass is 9.92. The summed E-state index contributed by atoms with van der Waals surface area (Å²) in [6.45, 7) is 2.63. The number of amides is 4. The van der Waals surface area contributed by atoms with Crippen LogP contribution in [-0.2, 0) is 6.42 Å². The number of aryl methyl sites for hydroxylation is 1. The first-order chi connectivity index (χ1) is 17.9. The molecule has 3 aromatic rings. The van der Waals surface area contributed by atoms with E-state index in [1.54, 1.807) is 38.4 Å². The van der Waals surface area contributed by atoms with E-state index in [-0.39, 0.29) is 18.6 Å². The van der Waals surface area contributed by atoms with Crippen LogP contribution in [0.15, 0.2) is 60.7 Å². The third-order valence-corrected chi connectivity index (χ3v) is 6.38. The molecule has 3 N–H and O–H groups in total. The van der Waals surface area contributed by atoms with Crippen LogP contribution in [0.2, 0.25) is 0 Å². The summed E-state index contributed by atoms with van der Waals surface area (Å²) >= 11 is 0. The molecule has 1 atom stereocenters. The van der Waals surface area contributed by atoms with E-state index in [4.69, 9.17) is 14.2 Å². The van der Waals surface area contributed by atoms with Gasteiger partial charge in [0.2, 0.25) is 0 Å². The quantitative estimate of drug-likeness (QED) is 0.422. The number of para-hydroxylation sites is 2.